The molecule has 0 spiro atoms. The Kier molecular flexibility index (Phi) is 6.53. The van der Waals surface area contributed by atoms with Crippen LogP contribution >= 0.6 is 0 Å². The van der Waals surface area contributed by atoms with Gasteiger partial charge in [-0.15, -0.1) is 0 Å². The first-order chi connectivity index (χ1) is 11.6. The predicted molar refractivity (Wildman–Crippen MR) is 98.4 cm³/mol. The lowest BCUT2D eigenvalue weighted by molar-refractivity contribution is 0.402. The van der Waals surface area contributed by atoms with Crippen molar-refractivity contribution in [3.63, 3.8) is 0 Å². The largest absolute Gasteiger partial charge is 0.508 e. The monoisotopic (exact) mass is 328 g/mol. The average Bonchev–Trinajstić information content (AvgIpc) is 2.62. The van der Waals surface area contributed by atoms with Gasteiger partial charge in [0.1, 0.15) is 17.2 Å². The highest BCUT2D eigenvalue weighted by Crippen LogP contribution is 2.39. The summed E-state index contributed by atoms with van der Waals surface area (Å²) < 4.78 is 10.4. The van der Waals surface area contributed by atoms with Crippen LogP contribution in [0, 0.1) is 0 Å². The fourth-order valence-corrected chi connectivity index (χ4v) is 3.10. The van der Waals surface area contributed by atoms with E-state index in [4.69, 9.17) is 9.47 Å². The maximum absolute atomic E-state index is 10.2. The van der Waals surface area contributed by atoms with Crippen molar-refractivity contribution in [1.29, 1.82) is 0 Å². The minimum atomic E-state index is 0.350. The quantitative estimate of drug-likeness (QED) is 0.852. The molecular formula is C21H28O3. The van der Waals surface area contributed by atoms with Crippen LogP contribution in [0.4, 0.5) is 0 Å². The van der Waals surface area contributed by atoms with Crippen molar-refractivity contribution in [3.8, 4) is 17.2 Å². The normalized spacial score (nSPS) is 15.8. The molecule has 0 bridgehead atoms. The Hall–Kier alpha value is -2.16. The Labute approximate surface area is 145 Å². The zero-order valence-corrected chi connectivity index (χ0v) is 15.1. The summed E-state index contributed by atoms with van der Waals surface area (Å²) in [7, 11) is 3.31. The van der Waals surface area contributed by atoms with E-state index in [0.717, 1.165) is 36.3 Å². The van der Waals surface area contributed by atoms with E-state index in [1.807, 2.05) is 18.2 Å². The summed E-state index contributed by atoms with van der Waals surface area (Å²) in [6.07, 6.45) is 4.18. The van der Waals surface area contributed by atoms with E-state index in [2.05, 4.69) is 26.0 Å². The lowest BCUT2D eigenvalue weighted by atomic mass is 9.80. The molecule has 3 heteroatoms. The second-order valence-electron chi connectivity index (χ2n) is 6.20. The zero-order valence-electron chi connectivity index (χ0n) is 15.1. The van der Waals surface area contributed by atoms with Crippen LogP contribution in [0.5, 0.6) is 17.2 Å². The molecule has 2 aromatic carbocycles. The molecule has 3 rings (SSSR count). The van der Waals surface area contributed by atoms with Crippen molar-refractivity contribution in [1.82, 2.24) is 0 Å². The third-order valence-electron chi connectivity index (χ3n) is 4.33. The molecule has 0 amide bonds. The lowest BCUT2D eigenvalue weighted by Gasteiger charge is -2.26. The highest BCUT2D eigenvalue weighted by Gasteiger charge is 2.23. The number of phenols is 1. The fourth-order valence-electron chi connectivity index (χ4n) is 3.10. The van der Waals surface area contributed by atoms with Crippen molar-refractivity contribution in [2.45, 2.75) is 45.4 Å². The van der Waals surface area contributed by atoms with Crippen LogP contribution in [-0.4, -0.2) is 19.3 Å². The van der Waals surface area contributed by atoms with Crippen LogP contribution in [-0.2, 0) is 12.8 Å². The van der Waals surface area contributed by atoms with Crippen LogP contribution in [0.25, 0.3) is 0 Å². The number of aromatic hydroxyl groups is 1. The molecule has 0 saturated carbocycles. The Balaban J connectivity index is 0.000000647. The van der Waals surface area contributed by atoms with Gasteiger partial charge < -0.3 is 14.6 Å². The molecule has 2 aromatic rings. The van der Waals surface area contributed by atoms with Crippen molar-refractivity contribution in [3.05, 3.63) is 53.1 Å². The summed E-state index contributed by atoms with van der Waals surface area (Å²) in [4.78, 5) is 0. The molecule has 0 aliphatic heterocycles. The fraction of sp³-hybridized carbons (Fsp3) is 0.429. The predicted octanol–water partition coefficient (Wildman–Crippen LogP) is 5.10. The number of benzene rings is 2. The van der Waals surface area contributed by atoms with Crippen LogP contribution in [0.1, 0.15) is 49.3 Å². The Morgan fingerprint density at radius 3 is 2.21 bits per heavy atom. The van der Waals surface area contributed by atoms with Gasteiger partial charge in [-0.05, 0) is 60.1 Å². The molecule has 130 valence electrons. The molecule has 0 radical (unpaired) electrons. The van der Waals surface area contributed by atoms with Crippen LogP contribution in [0.2, 0.25) is 0 Å². The van der Waals surface area contributed by atoms with E-state index in [0.29, 0.717) is 11.7 Å². The minimum absolute atomic E-state index is 0.350. The molecule has 1 N–H and O–H groups in total. The van der Waals surface area contributed by atoms with Crippen molar-refractivity contribution in [2.75, 3.05) is 14.2 Å². The van der Waals surface area contributed by atoms with Crippen LogP contribution in [0.3, 0.4) is 0 Å². The number of aryl methyl sites for hydroxylation is 1. The van der Waals surface area contributed by atoms with E-state index in [1.54, 1.807) is 20.3 Å². The Morgan fingerprint density at radius 1 is 1.00 bits per heavy atom. The van der Waals surface area contributed by atoms with Crippen molar-refractivity contribution < 1.29 is 14.6 Å². The number of hydrogen-bond donors (Lipinski definition) is 1. The SMILES string of the molecule is CCC.COc1ccc([C@H]2CCc3cc(OC)cc(O)c3C2)cc1. The first-order valence-electron chi connectivity index (χ1n) is 8.65. The Morgan fingerprint density at radius 2 is 1.62 bits per heavy atom. The molecule has 1 aliphatic rings. The highest BCUT2D eigenvalue weighted by molar-refractivity contribution is 5.48. The van der Waals surface area contributed by atoms with Crippen molar-refractivity contribution in [2.24, 2.45) is 0 Å². The van der Waals surface area contributed by atoms with E-state index >= 15 is 0 Å². The van der Waals surface area contributed by atoms with Gasteiger partial charge in [0.15, 0.2) is 0 Å². The average molecular weight is 328 g/mol. The minimum Gasteiger partial charge on any atom is -0.508 e. The van der Waals surface area contributed by atoms with Gasteiger partial charge in [0, 0.05) is 6.07 Å². The highest BCUT2D eigenvalue weighted by atomic mass is 16.5. The van der Waals surface area contributed by atoms with Gasteiger partial charge in [0.05, 0.1) is 14.2 Å². The molecule has 0 fully saturated rings. The maximum atomic E-state index is 10.2. The number of methoxy groups -OCH3 is 2. The topological polar surface area (TPSA) is 38.7 Å². The third kappa shape index (κ3) is 4.22. The van der Waals surface area contributed by atoms with Gasteiger partial charge in [-0.1, -0.05) is 32.4 Å². The molecule has 3 nitrogen and oxygen atoms in total. The molecule has 24 heavy (non-hydrogen) atoms. The number of ether oxygens (including phenoxy) is 2. The Bertz CT molecular complexity index is 647. The van der Waals surface area contributed by atoms with Gasteiger partial charge in [-0.2, -0.15) is 0 Å². The third-order valence-corrected chi connectivity index (χ3v) is 4.33. The van der Waals surface area contributed by atoms with Crippen molar-refractivity contribution >= 4 is 0 Å². The van der Waals surface area contributed by atoms with E-state index < -0.39 is 0 Å². The second-order valence-corrected chi connectivity index (χ2v) is 6.20. The number of hydrogen-bond acceptors (Lipinski definition) is 3. The standard InChI is InChI=1S/C18H20O3.C3H8/c1-20-15-7-5-12(6-8-15)13-3-4-14-9-16(21-2)11-18(19)17(14)10-13;1-3-2/h5-9,11,13,19H,3-4,10H2,1-2H3;3H2,1-2H3/t13-;/m0./s1. The summed E-state index contributed by atoms with van der Waals surface area (Å²) in [5.41, 5.74) is 3.57. The van der Waals surface area contributed by atoms with E-state index in [1.165, 1.54) is 17.5 Å². The van der Waals surface area contributed by atoms with Crippen LogP contribution in [0.15, 0.2) is 36.4 Å². The van der Waals surface area contributed by atoms with Crippen LogP contribution < -0.4 is 9.47 Å². The number of phenolic OH excluding ortho intramolecular Hbond substituents is 1. The van der Waals surface area contributed by atoms with Gasteiger partial charge in [-0.3, -0.25) is 0 Å². The molecule has 0 saturated heterocycles. The molecule has 0 aromatic heterocycles. The second kappa shape index (κ2) is 8.62. The zero-order chi connectivity index (χ0) is 17.5. The molecule has 1 atom stereocenters. The first-order valence-corrected chi connectivity index (χ1v) is 8.65. The van der Waals surface area contributed by atoms with Gasteiger partial charge in [0.25, 0.3) is 0 Å². The van der Waals surface area contributed by atoms with Gasteiger partial charge in [0.2, 0.25) is 0 Å². The molecule has 0 heterocycles. The molecule has 0 unspecified atom stereocenters. The summed E-state index contributed by atoms with van der Waals surface area (Å²) >= 11 is 0. The summed E-state index contributed by atoms with van der Waals surface area (Å²) in [5.74, 6) is 2.40. The van der Waals surface area contributed by atoms with E-state index in [-0.39, 0.29) is 0 Å². The van der Waals surface area contributed by atoms with Gasteiger partial charge in [-0.25, -0.2) is 0 Å². The summed E-state index contributed by atoms with van der Waals surface area (Å²) in [5, 5.41) is 10.2. The smallest absolute Gasteiger partial charge is 0.122 e. The molecule has 1 aliphatic carbocycles. The summed E-state index contributed by atoms with van der Waals surface area (Å²) in [6, 6.07) is 12.0. The number of rotatable bonds is 3. The lowest BCUT2D eigenvalue weighted by Crippen LogP contribution is -2.13. The maximum Gasteiger partial charge on any atom is 0.122 e. The number of fused-ring (bicyclic) bond motifs is 1. The van der Waals surface area contributed by atoms with E-state index in [9.17, 15) is 5.11 Å². The first kappa shape index (κ1) is 18.2. The molecular weight excluding hydrogens is 300 g/mol. The van der Waals surface area contributed by atoms with Gasteiger partial charge >= 0.3 is 0 Å². The summed E-state index contributed by atoms with van der Waals surface area (Å²) in [6.45, 7) is 4.25.